The van der Waals surface area contributed by atoms with Gasteiger partial charge in [0.05, 0.1) is 0 Å². The summed E-state index contributed by atoms with van der Waals surface area (Å²) in [5, 5.41) is 10.3. The summed E-state index contributed by atoms with van der Waals surface area (Å²) < 4.78 is 0. The van der Waals surface area contributed by atoms with Crippen molar-refractivity contribution >= 4 is 16.9 Å². The van der Waals surface area contributed by atoms with Crippen LogP contribution < -0.4 is 0 Å². The van der Waals surface area contributed by atoms with Gasteiger partial charge >= 0.3 is 0 Å². The van der Waals surface area contributed by atoms with Gasteiger partial charge in [-0.3, -0.25) is 0 Å². The van der Waals surface area contributed by atoms with Gasteiger partial charge in [0.2, 0.25) is 0 Å². The van der Waals surface area contributed by atoms with Crippen molar-refractivity contribution in [3.63, 3.8) is 0 Å². The van der Waals surface area contributed by atoms with Crippen molar-refractivity contribution in [2.45, 2.75) is 25.6 Å². The Morgan fingerprint density at radius 1 is 1.73 bits per heavy atom. The van der Waals surface area contributed by atoms with Crippen LogP contribution in [-0.4, -0.2) is 39.7 Å². The number of thioether (sulfide) groups is 1. The summed E-state index contributed by atoms with van der Waals surface area (Å²) in [6.45, 7) is 3.24. The van der Waals surface area contributed by atoms with Gasteiger partial charge in [-0.1, -0.05) is 11.8 Å². The topological polar surface area (TPSA) is 35.8 Å². The monoisotopic (exact) mass is 172 g/mol. The van der Waals surface area contributed by atoms with E-state index < -0.39 is 6.23 Å². The van der Waals surface area contributed by atoms with Crippen molar-refractivity contribution in [3.8, 4) is 0 Å². The molecule has 3 nitrogen and oxygen atoms in total. The SMILES string of the molecule is CC1CC(O)N=C2SCCN21. The summed E-state index contributed by atoms with van der Waals surface area (Å²) >= 11 is 1.75. The average Bonchev–Trinajstić information content (AvgIpc) is 2.34. The molecule has 0 saturated carbocycles. The molecule has 0 radical (unpaired) electrons. The quantitative estimate of drug-likeness (QED) is 0.578. The van der Waals surface area contributed by atoms with Crippen LogP contribution in [0.3, 0.4) is 0 Å². The second kappa shape index (κ2) is 2.68. The Hall–Kier alpha value is -0.220. The number of amidine groups is 1. The standard InChI is InChI=1S/C7H12N2OS/c1-5-4-6(10)8-7-9(5)2-3-11-7/h5-6,10H,2-4H2,1H3. The number of hydrogen-bond donors (Lipinski definition) is 1. The first-order chi connectivity index (χ1) is 5.27. The van der Waals surface area contributed by atoms with Gasteiger partial charge in [0.25, 0.3) is 0 Å². The van der Waals surface area contributed by atoms with Crippen molar-refractivity contribution in [1.29, 1.82) is 0 Å². The van der Waals surface area contributed by atoms with E-state index in [1.165, 1.54) is 0 Å². The molecule has 0 aliphatic carbocycles. The molecule has 0 bridgehead atoms. The third-order valence-corrected chi connectivity index (χ3v) is 3.14. The van der Waals surface area contributed by atoms with Crippen molar-refractivity contribution < 1.29 is 5.11 Å². The summed E-state index contributed by atoms with van der Waals surface area (Å²) in [4.78, 5) is 6.43. The Labute approximate surface area is 70.5 Å². The van der Waals surface area contributed by atoms with Crippen molar-refractivity contribution in [2.75, 3.05) is 12.3 Å². The van der Waals surface area contributed by atoms with Crippen LogP contribution in [0.15, 0.2) is 4.99 Å². The highest BCUT2D eigenvalue weighted by Gasteiger charge is 2.30. The molecular formula is C7H12N2OS. The van der Waals surface area contributed by atoms with E-state index in [0.29, 0.717) is 6.04 Å². The van der Waals surface area contributed by atoms with Gasteiger partial charge in [-0.2, -0.15) is 0 Å². The molecule has 4 heteroatoms. The molecule has 2 unspecified atom stereocenters. The van der Waals surface area contributed by atoms with Crippen LogP contribution in [0.25, 0.3) is 0 Å². The zero-order valence-electron chi connectivity index (χ0n) is 6.53. The Bertz CT molecular complexity index is 195. The highest BCUT2D eigenvalue weighted by molar-refractivity contribution is 8.14. The Morgan fingerprint density at radius 2 is 2.55 bits per heavy atom. The molecule has 1 saturated heterocycles. The van der Waals surface area contributed by atoms with E-state index in [1.54, 1.807) is 11.8 Å². The van der Waals surface area contributed by atoms with Crippen molar-refractivity contribution in [3.05, 3.63) is 0 Å². The van der Waals surface area contributed by atoms with Gasteiger partial charge in [0, 0.05) is 24.8 Å². The van der Waals surface area contributed by atoms with Gasteiger partial charge in [0.1, 0.15) is 6.23 Å². The minimum absolute atomic E-state index is 0.457. The minimum atomic E-state index is -0.457. The number of hydrogen-bond acceptors (Lipinski definition) is 4. The van der Waals surface area contributed by atoms with Crippen LogP contribution in [0.2, 0.25) is 0 Å². The summed E-state index contributed by atoms with van der Waals surface area (Å²) in [7, 11) is 0. The maximum absolute atomic E-state index is 9.30. The Kier molecular flexibility index (Phi) is 1.81. The van der Waals surface area contributed by atoms with Crippen molar-refractivity contribution in [2.24, 2.45) is 4.99 Å². The predicted octanol–water partition coefficient (Wildman–Crippen LogP) is 0.502. The van der Waals surface area contributed by atoms with Crippen LogP contribution in [-0.2, 0) is 0 Å². The predicted molar refractivity (Wildman–Crippen MR) is 46.7 cm³/mol. The third-order valence-electron chi connectivity index (χ3n) is 2.15. The number of nitrogens with zero attached hydrogens (tertiary/aromatic N) is 2. The molecule has 62 valence electrons. The van der Waals surface area contributed by atoms with Gasteiger partial charge < -0.3 is 10.0 Å². The fourth-order valence-corrected chi connectivity index (χ4v) is 2.65. The fourth-order valence-electron chi connectivity index (χ4n) is 1.55. The van der Waals surface area contributed by atoms with Gasteiger partial charge in [-0.25, -0.2) is 4.99 Å². The van der Waals surface area contributed by atoms with Gasteiger partial charge in [-0.05, 0) is 6.92 Å². The Balaban J connectivity index is 2.21. The zero-order chi connectivity index (χ0) is 7.84. The molecule has 2 aliphatic rings. The van der Waals surface area contributed by atoms with Crippen LogP contribution in [0, 0.1) is 0 Å². The van der Waals surface area contributed by atoms with Crippen LogP contribution in [0.5, 0.6) is 0 Å². The molecular weight excluding hydrogens is 160 g/mol. The normalized spacial score (nSPS) is 36.9. The fraction of sp³-hybridized carbons (Fsp3) is 0.857. The van der Waals surface area contributed by atoms with E-state index in [4.69, 9.17) is 0 Å². The summed E-state index contributed by atoms with van der Waals surface area (Å²) in [5.41, 5.74) is 0. The lowest BCUT2D eigenvalue weighted by atomic mass is 10.2. The van der Waals surface area contributed by atoms with Crippen molar-refractivity contribution in [1.82, 2.24) is 4.90 Å². The number of aliphatic hydroxyl groups excluding tert-OH is 1. The van der Waals surface area contributed by atoms with Crippen LogP contribution >= 0.6 is 11.8 Å². The maximum atomic E-state index is 9.30. The number of aliphatic imine (C=N–C) groups is 1. The van der Waals surface area contributed by atoms with Gasteiger partial charge in [-0.15, -0.1) is 0 Å². The summed E-state index contributed by atoms with van der Waals surface area (Å²) in [5.74, 6) is 1.12. The average molecular weight is 172 g/mol. The number of rotatable bonds is 0. The van der Waals surface area contributed by atoms with E-state index in [2.05, 4.69) is 16.8 Å². The molecule has 0 aromatic carbocycles. The second-order valence-corrected chi connectivity index (χ2v) is 4.08. The van der Waals surface area contributed by atoms with Crippen LogP contribution in [0.4, 0.5) is 0 Å². The highest BCUT2D eigenvalue weighted by atomic mass is 32.2. The zero-order valence-corrected chi connectivity index (χ0v) is 7.34. The molecule has 0 aromatic heterocycles. The van der Waals surface area contributed by atoms with E-state index in [-0.39, 0.29) is 0 Å². The molecule has 1 N–H and O–H groups in total. The lowest BCUT2D eigenvalue weighted by Crippen LogP contribution is -2.40. The molecule has 1 fully saturated rings. The Morgan fingerprint density at radius 3 is 3.36 bits per heavy atom. The van der Waals surface area contributed by atoms with E-state index in [1.807, 2.05) is 0 Å². The van der Waals surface area contributed by atoms with E-state index in [9.17, 15) is 5.11 Å². The second-order valence-electron chi connectivity index (χ2n) is 3.02. The molecule has 2 aliphatic heterocycles. The molecule has 2 rings (SSSR count). The number of fused-ring (bicyclic) bond motifs is 1. The molecule has 2 atom stereocenters. The molecule has 0 spiro atoms. The number of aliphatic hydroxyl groups is 1. The van der Waals surface area contributed by atoms with E-state index >= 15 is 0 Å². The molecule has 11 heavy (non-hydrogen) atoms. The first kappa shape index (κ1) is 7.43. The third kappa shape index (κ3) is 1.25. The lowest BCUT2D eigenvalue weighted by Gasteiger charge is -2.31. The summed E-state index contributed by atoms with van der Waals surface area (Å²) in [6, 6.07) is 0.465. The van der Waals surface area contributed by atoms with Gasteiger partial charge in [0.15, 0.2) is 5.17 Å². The minimum Gasteiger partial charge on any atom is -0.372 e. The first-order valence-electron chi connectivity index (χ1n) is 3.92. The van der Waals surface area contributed by atoms with E-state index in [0.717, 1.165) is 23.9 Å². The molecule has 0 amide bonds. The molecule has 0 aromatic rings. The maximum Gasteiger partial charge on any atom is 0.162 e. The highest BCUT2D eigenvalue weighted by Crippen LogP contribution is 2.26. The smallest absolute Gasteiger partial charge is 0.162 e. The lowest BCUT2D eigenvalue weighted by molar-refractivity contribution is 0.128. The molecule has 2 heterocycles. The largest absolute Gasteiger partial charge is 0.372 e. The first-order valence-corrected chi connectivity index (χ1v) is 4.91. The summed E-state index contributed by atoms with van der Waals surface area (Å²) in [6.07, 6.45) is 0.325. The van der Waals surface area contributed by atoms with Crippen LogP contribution in [0.1, 0.15) is 13.3 Å².